The van der Waals surface area contributed by atoms with Crippen molar-refractivity contribution < 1.29 is 9.53 Å². The minimum atomic E-state index is -0.320. The number of aromatic amines is 1. The molecular weight excluding hydrogens is 374 g/mol. The van der Waals surface area contributed by atoms with Crippen LogP contribution in [0.4, 0.5) is 0 Å². The minimum absolute atomic E-state index is 0.000979. The Bertz CT molecular complexity index is 1150. The van der Waals surface area contributed by atoms with Crippen LogP contribution in [0.2, 0.25) is 0 Å². The molecule has 1 aliphatic heterocycles. The third-order valence-corrected chi connectivity index (χ3v) is 5.51. The highest BCUT2D eigenvalue weighted by Gasteiger charge is 2.20. The fourth-order valence-electron chi connectivity index (χ4n) is 3.95. The van der Waals surface area contributed by atoms with Crippen LogP contribution in [0.5, 0.6) is 5.75 Å². The maximum Gasteiger partial charge on any atom is 0.221 e. The number of para-hydroxylation sites is 2. The molecule has 0 saturated heterocycles. The Labute approximate surface area is 175 Å². The van der Waals surface area contributed by atoms with E-state index in [0.29, 0.717) is 12.8 Å². The van der Waals surface area contributed by atoms with E-state index in [4.69, 9.17) is 9.72 Å². The SMILES string of the molecule is O=C(CCc1ccc2c(c1)CCO2)NC(c1ccccc1)c1nc2ccccc2[nH]1. The van der Waals surface area contributed by atoms with E-state index in [-0.39, 0.29) is 11.9 Å². The number of aromatic nitrogens is 2. The molecule has 0 saturated carbocycles. The van der Waals surface area contributed by atoms with Crippen molar-refractivity contribution in [2.75, 3.05) is 6.61 Å². The summed E-state index contributed by atoms with van der Waals surface area (Å²) in [6.45, 7) is 0.746. The second-order valence-corrected chi connectivity index (χ2v) is 7.59. The van der Waals surface area contributed by atoms with Crippen LogP contribution in [0.3, 0.4) is 0 Å². The first-order valence-electron chi connectivity index (χ1n) is 10.3. The number of ether oxygens (including phenoxy) is 1. The highest BCUT2D eigenvalue weighted by Crippen LogP contribution is 2.27. The fraction of sp³-hybridized carbons (Fsp3) is 0.200. The molecule has 1 aliphatic rings. The maximum atomic E-state index is 12.8. The predicted octanol–water partition coefficient (Wildman–Crippen LogP) is 4.34. The molecule has 0 spiro atoms. The van der Waals surface area contributed by atoms with Gasteiger partial charge in [0.25, 0.3) is 0 Å². The predicted molar refractivity (Wildman–Crippen MR) is 116 cm³/mol. The fourth-order valence-corrected chi connectivity index (χ4v) is 3.95. The standard InChI is InChI=1S/C25H23N3O2/c29-23(13-11-17-10-12-22-19(16-17)14-15-30-22)28-24(18-6-2-1-3-7-18)25-26-20-8-4-5-9-21(20)27-25/h1-10,12,16,24H,11,13-15H2,(H,26,27)(H,28,29). The summed E-state index contributed by atoms with van der Waals surface area (Å²) in [5.74, 6) is 1.71. The second kappa shape index (κ2) is 8.03. The van der Waals surface area contributed by atoms with Crippen LogP contribution in [0.25, 0.3) is 11.0 Å². The van der Waals surface area contributed by atoms with Gasteiger partial charge in [0.15, 0.2) is 0 Å². The Morgan fingerprint density at radius 1 is 1.07 bits per heavy atom. The van der Waals surface area contributed by atoms with E-state index in [1.807, 2.05) is 66.7 Å². The molecule has 1 aromatic heterocycles. The average molecular weight is 397 g/mol. The van der Waals surface area contributed by atoms with Gasteiger partial charge in [-0.25, -0.2) is 4.98 Å². The van der Waals surface area contributed by atoms with Gasteiger partial charge in [0.1, 0.15) is 17.6 Å². The number of carbonyl (C=O) groups is 1. The zero-order chi connectivity index (χ0) is 20.3. The number of fused-ring (bicyclic) bond motifs is 2. The average Bonchev–Trinajstić information content (AvgIpc) is 3.43. The lowest BCUT2D eigenvalue weighted by molar-refractivity contribution is -0.121. The number of nitrogens with zero attached hydrogens (tertiary/aromatic N) is 1. The van der Waals surface area contributed by atoms with E-state index >= 15 is 0 Å². The number of benzene rings is 3. The summed E-state index contributed by atoms with van der Waals surface area (Å²) < 4.78 is 5.56. The smallest absolute Gasteiger partial charge is 0.221 e. The zero-order valence-corrected chi connectivity index (χ0v) is 16.6. The van der Waals surface area contributed by atoms with Crippen LogP contribution in [0.1, 0.15) is 35.0 Å². The lowest BCUT2D eigenvalue weighted by Crippen LogP contribution is -2.30. The topological polar surface area (TPSA) is 67.0 Å². The molecule has 2 N–H and O–H groups in total. The van der Waals surface area contributed by atoms with Gasteiger partial charge in [-0.1, -0.05) is 54.6 Å². The number of aryl methyl sites for hydroxylation is 1. The summed E-state index contributed by atoms with van der Waals surface area (Å²) in [6, 6.07) is 23.7. The summed E-state index contributed by atoms with van der Waals surface area (Å²) in [4.78, 5) is 20.9. The van der Waals surface area contributed by atoms with Gasteiger partial charge in [0.2, 0.25) is 5.91 Å². The van der Waals surface area contributed by atoms with E-state index in [9.17, 15) is 4.79 Å². The van der Waals surface area contributed by atoms with Gasteiger partial charge < -0.3 is 15.0 Å². The number of amides is 1. The first-order valence-corrected chi connectivity index (χ1v) is 10.3. The Hall–Kier alpha value is -3.60. The van der Waals surface area contributed by atoms with E-state index in [1.165, 1.54) is 5.56 Å². The maximum absolute atomic E-state index is 12.8. The van der Waals surface area contributed by atoms with E-state index in [1.54, 1.807) is 0 Å². The van der Waals surface area contributed by atoms with Crippen LogP contribution >= 0.6 is 0 Å². The molecule has 1 amide bonds. The first-order chi connectivity index (χ1) is 14.8. The molecule has 30 heavy (non-hydrogen) atoms. The van der Waals surface area contributed by atoms with Gasteiger partial charge in [0, 0.05) is 12.8 Å². The van der Waals surface area contributed by atoms with Crippen LogP contribution in [-0.4, -0.2) is 22.5 Å². The largest absolute Gasteiger partial charge is 0.493 e. The van der Waals surface area contributed by atoms with Gasteiger partial charge in [-0.2, -0.15) is 0 Å². The van der Waals surface area contributed by atoms with Gasteiger partial charge in [-0.3, -0.25) is 4.79 Å². The summed E-state index contributed by atoms with van der Waals surface area (Å²) in [5, 5.41) is 3.18. The number of nitrogens with one attached hydrogen (secondary N) is 2. The van der Waals surface area contributed by atoms with Crippen LogP contribution in [-0.2, 0) is 17.6 Å². The molecule has 1 unspecified atom stereocenters. The molecule has 150 valence electrons. The van der Waals surface area contributed by atoms with Crippen molar-refractivity contribution in [3.63, 3.8) is 0 Å². The number of hydrogen-bond acceptors (Lipinski definition) is 3. The molecule has 0 radical (unpaired) electrons. The quantitative estimate of drug-likeness (QED) is 0.509. The number of rotatable bonds is 6. The van der Waals surface area contributed by atoms with E-state index in [0.717, 1.165) is 46.8 Å². The van der Waals surface area contributed by atoms with Crippen molar-refractivity contribution in [3.8, 4) is 5.75 Å². The molecule has 5 nitrogen and oxygen atoms in total. The third-order valence-electron chi connectivity index (χ3n) is 5.51. The summed E-state index contributed by atoms with van der Waals surface area (Å²) in [6.07, 6.45) is 2.06. The number of H-pyrrole nitrogens is 1. The van der Waals surface area contributed by atoms with Gasteiger partial charge >= 0.3 is 0 Å². The highest BCUT2D eigenvalue weighted by molar-refractivity contribution is 5.78. The molecular formula is C25H23N3O2. The molecule has 4 aromatic rings. The lowest BCUT2D eigenvalue weighted by atomic mass is 10.0. The molecule has 3 aromatic carbocycles. The number of carbonyl (C=O) groups excluding carboxylic acids is 1. The van der Waals surface area contributed by atoms with Crippen LogP contribution < -0.4 is 10.1 Å². The van der Waals surface area contributed by atoms with Crippen molar-refractivity contribution in [3.05, 3.63) is 95.3 Å². The van der Waals surface area contributed by atoms with Crippen molar-refractivity contribution >= 4 is 16.9 Å². The molecule has 0 aliphatic carbocycles. The molecule has 1 atom stereocenters. The van der Waals surface area contributed by atoms with Gasteiger partial charge in [0.05, 0.1) is 17.6 Å². The van der Waals surface area contributed by atoms with Crippen LogP contribution in [0.15, 0.2) is 72.8 Å². The van der Waals surface area contributed by atoms with Crippen molar-refractivity contribution in [2.45, 2.75) is 25.3 Å². The van der Waals surface area contributed by atoms with Gasteiger partial charge in [-0.05, 0) is 41.3 Å². The van der Waals surface area contributed by atoms with Crippen molar-refractivity contribution in [1.82, 2.24) is 15.3 Å². The van der Waals surface area contributed by atoms with E-state index < -0.39 is 0 Å². The molecule has 0 bridgehead atoms. The highest BCUT2D eigenvalue weighted by atomic mass is 16.5. The van der Waals surface area contributed by atoms with E-state index in [2.05, 4.69) is 16.4 Å². The summed E-state index contributed by atoms with van der Waals surface area (Å²) in [7, 11) is 0. The normalized spacial score (nSPS) is 13.6. The Balaban J connectivity index is 1.33. The Morgan fingerprint density at radius 2 is 1.90 bits per heavy atom. The Morgan fingerprint density at radius 3 is 2.77 bits per heavy atom. The third kappa shape index (κ3) is 3.79. The zero-order valence-electron chi connectivity index (χ0n) is 16.6. The van der Waals surface area contributed by atoms with Crippen molar-refractivity contribution in [2.24, 2.45) is 0 Å². The molecule has 5 rings (SSSR count). The molecule has 5 heteroatoms. The Kier molecular flexibility index (Phi) is 4.93. The molecule has 0 fully saturated rings. The summed E-state index contributed by atoms with van der Waals surface area (Å²) in [5.41, 5.74) is 5.25. The van der Waals surface area contributed by atoms with Gasteiger partial charge in [-0.15, -0.1) is 0 Å². The molecule has 2 heterocycles. The van der Waals surface area contributed by atoms with Crippen LogP contribution in [0, 0.1) is 0 Å². The first kappa shape index (κ1) is 18.4. The summed E-state index contributed by atoms with van der Waals surface area (Å²) >= 11 is 0. The lowest BCUT2D eigenvalue weighted by Gasteiger charge is -2.17. The van der Waals surface area contributed by atoms with Crippen molar-refractivity contribution in [1.29, 1.82) is 0 Å². The minimum Gasteiger partial charge on any atom is -0.493 e. The monoisotopic (exact) mass is 397 g/mol. The number of hydrogen-bond donors (Lipinski definition) is 2. The second-order valence-electron chi connectivity index (χ2n) is 7.59. The number of imidazole rings is 1.